The molecule has 1 saturated heterocycles. The molecule has 14 amide bonds. The number of aliphatic carboxylic acids is 3. The molecule has 45 heteroatoms. The summed E-state index contributed by atoms with van der Waals surface area (Å²) in [7, 11) is 0. The number of hydrogen-bond acceptors (Lipinski definition) is 25. The minimum Gasteiger partial charge on any atom is -0.508 e. The molecule has 1 aromatic heterocycles. The molecule has 686 valence electrons. The number of amides is 14. The number of phenolic OH excluding ortho intramolecular Hbond substituents is 1. The van der Waals surface area contributed by atoms with Gasteiger partial charge in [0.1, 0.15) is 90.3 Å². The number of nitrogens with two attached hydrogens (primary N) is 3. The molecule has 45 nitrogen and oxygen atoms in total. The molecule has 0 bridgehead atoms. The Balaban J connectivity index is 1.57. The van der Waals surface area contributed by atoms with Gasteiger partial charge in [-0.3, -0.25) is 82.1 Å². The molecule has 0 saturated carbocycles. The number of carbonyl (C=O) groups is 17. The number of nitrogens with zero attached hydrogens (tertiary/aromatic N) is 2. The zero-order valence-corrected chi connectivity index (χ0v) is 70.3. The summed E-state index contributed by atoms with van der Waals surface area (Å²) in [5, 5.41) is 110. The van der Waals surface area contributed by atoms with Crippen molar-refractivity contribution in [2.24, 2.45) is 35.0 Å². The van der Waals surface area contributed by atoms with E-state index in [1.165, 1.54) is 69.4 Å². The summed E-state index contributed by atoms with van der Waals surface area (Å²) in [6.07, 6.45) is 0.503. The molecule has 3 aromatic rings. The van der Waals surface area contributed by atoms with Crippen molar-refractivity contribution in [3.05, 3.63) is 83.9 Å². The number of aliphatic hydroxyl groups is 3. The highest BCUT2D eigenvalue weighted by molar-refractivity contribution is 6.01. The predicted octanol–water partition coefficient (Wildman–Crippen LogP) is -6.67. The fourth-order valence-corrected chi connectivity index (χ4v) is 13.0. The minimum absolute atomic E-state index is 0.0566. The normalized spacial score (nSPS) is 16.0. The summed E-state index contributed by atoms with van der Waals surface area (Å²) >= 11 is 0. The molecule has 0 unspecified atom stereocenters. The number of likely N-dealkylation sites (tertiary alicyclic amines) is 1. The van der Waals surface area contributed by atoms with E-state index >= 15 is 0 Å². The van der Waals surface area contributed by atoms with E-state index in [-0.39, 0.29) is 94.8 Å². The van der Waals surface area contributed by atoms with Gasteiger partial charge in [0.15, 0.2) is 5.96 Å². The number of carboxylic acid groups (broad SMARTS) is 3. The zero-order valence-electron chi connectivity index (χ0n) is 70.3. The first-order valence-electron chi connectivity index (χ1n) is 40.7. The minimum atomic E-state index is -2.04. The molecule has 1 aliphatic heterocycles. The van der Waals surface area contributed by atoms with Gasteiger partial charge in [0.2, 0.25) is 82.7 Å². The number of rotatable bonds is 55. The summed E-state index contributed by atoms with van der Waals surface area (Å²) in [6, 6.07) is -9.24. The number of benzene rings is 2. The Kier molecular flexibility index (Phi) is 44.2. The number of carboxylic acids is 3. The van der Waals surface area contributed by atoms with Gasteiger partial charge in [-0.1, -0.05) is 90.4 Å². The number of imidazole rings is 1. The van der Waals surface area contributed by atoms with Crippen molar-refractivity contribution >= 4 is 107 Å². The highest BCUT2D eigenvalue weighted by Gasteiger charge is 2.42. The summed E-state index contributed by atoms with van der Waals surface area (Å²) in [4.78, 5) is 242. The topological polar surface area (TPSA) is 734 Å². The van der Waals surface area contributed by atoms with E-state index in [0.29, 0.717) is 18.4 Å². The highest BCUT2D eigenvalue weighted by Crippen LogP contribution is 2.22. The Morgan fingerprint density at radius 3 is 1.53 bits per heavy atom. The number of guanidine groups is 1. The van der Waals surface area contributed by atoms with Crippen LogP contribution < -0.4 is 91.6 Å². The van der Waals surface area contributed by atoms with Gasteiger partial charge >= 0.3 is 17.9 Å². The number of phenols is 1. The van der Waals surface area contributed by atoms with Gasteiger partial charge < -0.3 is 137 Å². The lowest BCUT2D eigenvalue weighted by molar-refractivity contribution is -0.144. The van der Waals surface area contributed by atoms with Gasteiger partial charge in [-0.15, -0.1) is 0 Å². The zero-order chi connectivity index (χ0) is 92.6. The maximum absolute atomic E-state index is 14.7. The second-order valence-electron chi connectivity index (χ2n) is 30.9. The third-order valence-electron chi connectivity index (χ3n) is 20.1. The fraction of sp³-hybridized carbons (Fsp3) is 0.582. The molecule has 0 spiro atoms. The monoisotopic (exact) mass is 1750 g/mol. The molecule has 4 rings (SSSR count). The third-order valence-corrected chi connectivity index (χ3v) is 20.1. The second kappa shape index (κ2) is 52.7. The van der Waals surface area contributed by atoms with Crippen molar-refractivity contribution in [3.63, 3.8) is 0 Å². The number of aromatic nitrogens is 2. The van der Waals surface area contributed by atoms with Crippen LogP contribution >= 0.6 is 0 Å². The number of hydrogen-bond donors (Lipinski definition) is 26. The van der Waals surface area contributed by atoms with Crippen LogP contribution in [0.4, 0.5) is 0 Å². The van der Waals surface area contributed by atoms with E-state index in [9.17, 15) is 117 Å². The first-order chi connectivity index (χ1) is 58.6. The smallest absolute Gasteiger partial charge is 0.328 e. The van der Waals surface area contributed by atoms with E-state index in [0.717, 1.165) is 5.56 Å². The second-order valence-corrected chi connectivity index (χ2v) is 30.9. The number of aromatic amines is 1. The van der Waals surface area contributed by atoms with Crippen LogP contribution in [0.2, 0.25) is 0 Å². The third kappa shape index (κ3) is 35.2. The summed E-state index contributed by atoms with van der Waals surface area (Å²) in [6.45, 7) is 7.65. The quantitative estimate of drug-likeness (QED) is 0.0142. The van der Waals surface area contributed by atoms with Gasteiger partial charge in [-0.05, 0) is 119 Å². The average Bonchev–Trinajstić information content (AvgIpc) is 1.65. The van der Waals surface area contributed by atoms with Crippen molar-refractivity contribution in [2.75, 3.05) is 39.5 Å². The first kappa shape index (κ1) is 104. The van der Waals surface area contributed by atoms with E-state index in [1.807, 2.05) is 41.0 Å². The molecule has 124 heavy (non-hydrogen) atoms. The van der Waals surface area contributed by atoms with Crippen molar-refractivity contribution in [1.29, 1.82) is 5.41 Å². The molecule has 0 radical (unpaired) electrons. The van der Waals surface area contributed by atoms with E-state index in [1.54, 1.807) is 20.8 Å². The Morgan fingerprint density at radius 1 is 0.524 bits per heavy atom. The lowest BCUT2D eigenvalue weighted by Gasteiger charge is -2.30. The van der Waals surface area contributed by atoms with Crippen molar-refractivity contribution in [2.45, 2.75) is 235 Å². The van der Waals surface area contributed by atoms with Gasteiger partial charge in [0.25, 0.3) is 0 Å². The van der Waals surface area contributed by atoms with E-state index in [4.69, 9.17) is 22.6 Å². The van der Waals surface area contributed by atoms with Gasteiger partial charge in [-0.25, -0.2) is 9.78 Å². The Labute approximate surface area is 715 Å². The summed E-state index contributed by atoms with van der Waals surface area (Å²) < 4.78 is 0. The number of aliphatic hydroxyl groups excluding tert-OH is 3. The van der Waals surface area contributed by atoms with Crippen molar-refractivity contribution < 1.29 is 117 Å². The fourth-order valence-electron chi connectivity index (χ4n) is 13.0. The van der Waals surface area contributed by atoms with Crippen LogP contribution in [0.25, 0.3) is 0 Å². The van der Waals surface area contributed by atoms with Crippen LogP contribution in [-0.4, -0.2) is 287 Å². The number of H-pyrrole nitrogens is 1. The molecule has 2 aromatic carbocycles. The largest absolute Gasteiger partial charge is 0.508 e. The molecule has 1 aliphatic rings. The van der Waals surface area contributed by atoms with Crippen LogP contribution in [0.1, 0.15) is 142 Å². The highest BCUT2D eigenvalue weighted by atomic mass is 16.4. The Bertz CT molecular complexity index is 4110. The predicted molar refractivity (Wildman–Crippen MR) is 442 cm³/mol. The molecular weight excluding hydrogens is 1630 g/mol. The van der Waals surface area contributed by atoms with Crippen LogP contribution in [0.15, 0.2) is 67.1 Å². The van der Waals surface area contributed by atoms with Crippen LogP contribution in [0, 0.1) is 23.2 Å². The summed E-state index contributed by atoms with van der Waals surface area (Å²) in [5.74, 6) is -21.8. The van der Waals surface area contributed by atoms with Crippen LogP contribution in [-0.2, 0) is 101 Å². The standard InChI is InChI=1S/C79H121N21O24/c1-8-42(6)63(76(121)93-54(33-46-35-84-39-86-46)70(115)95-56(36-101)72(117)89-50(19-14-28-85-79(82)83)66(111)98-62(41(4)5)75(120)94-55(34-61(107)108)71(116)96-57(37-102)73(118)97-58(38-103)78(123)124)99-67(112)51(25-26-60(105)106)90-65(110)49(18-12-13-27-80)88-64(109)43(7)87-68(113)53(32-45-21-23-47(104)24-22-45)91-69(114)52(30-40(2)3)92-74(119)59-20-15-29-100(59)77(122)48(81)31-44-16-10-9-11-17-44/h9-11,16-17,21-24,35,39-43,48-59,62-63,101-104H,8,12-15,18-20,25-34,36-38,80-81H2,1-7H3,(H,84,86)(H,87,113)(H,88,109)(H,89,117)(H,90,110)(H,91,114)(H,92,119)(H,93,121)(H,94,120)(H,95,115)(H,96,116)(H,97,118)(H,98,111)(H,99,112)(H,105,106)(H,107,108)(H,123,124)(H4,82,83,85)/t42-,43-,48-,49-,50-,51-,52-,53-,54-,55-,56-,57-,58-,59-,62-,63-/m0/s1. The molecule has 29 N–H and O–H groups in total. The Morgan fingerprint density at radius 2 is 1.00 bits per heavy atom. The maximum Gasteiger partial charge on any atom is 0.328 e. The van der Waals surface area contributed by atoms with E-state index in [2.05, 4.69) is 73.8 Å². The van der Waals surface area contributed by atoms with Crippen molar-refractivity contribution in [1.82, 2.24) is 89.3 Å². The van der Waals surface area contributed by atoms with Gasteiger partial charge in [0, 0.05) is 38.5 Å². The van der Waals surface area contributed by atoms with Gasteiger partial charge in [-0.2, -0.15) is 0 Å². The van der Waals surface area contributed by atoms with Crippen LogP contribution in [0.3, 0.4) is 0 Å². The number of carbonyl (C=O) groups excluding carboxylic acids is 14. The summed E-state index contributed by atoms with van der Waals surface area (Å²) in [5.41, 5.74) is 19.0. The lowest BCUT2D eigenvalue weighted by Crippen LogP contribution is -2.62. The maximum atomic E-state index is 14.7. The Hall–Kier alpha value is -12.5. The number of aromatic hydroxyl groups is 1. The molecule has 2 heterocycles. The molecule has 16 atom stereocenters. The SMILES string of the molecule is CC[C@H](C)[C@H](NC(=O)[C@H](CCC(=O)O)NC(=O)[C@H](CCCCN)NC(=O)[C@H](C)NC(=O)[C@H](Cc1ccc(O)cc1)NC(=O)[C@H](CC(C)C)NC(=O)[C@@H]1CCCN1C(=O)[C@@H](N)Cc1ccccc1)C(=O)N[C@@H](Cc1c[nH]cn1)C(=O)N[C@@H](CO)C(=O)N[C@@H](CCCNC(=N)N)C(=O)N[C@H](C(=O)N[C@@H](CC(=O)O)C(=O)N[C@@H](CO)C(=O)N[C@@H](CO)C(=O)O)C(C)C. The number of unbranched alkanes of at least 4 members (excludes halogenated alkanes) is 1. The molecular formula is C79H121N21O24. The first-order valence-corrected chi connectivity index (χ1v) is 40.7. The van der Waals surface area contributed by atoms with E-state index < -0.39 is 255 Å². The number of nitrogens with one attached hydrogen (secondary N) is 16. The lowest BCUT2D eigenvalue weighted by atomic mass is 9.96. The molecule has 1 fully saturated rings. The van der Waals surface area contributed by atoms with Crippen molar-refractivity contribution in [3.8, 4) is 5.75 Å². The average molecular weight is 1750 g/mol. The van der Waals surface area contributed by atoms with Gasteiger partial charge in [0.05, 0.1) is 44.3 Å². The molecule has 0 aliphatic carbocycles. The van der Waals surface area contributed by atoms with Crippen LogP contribution in [0.5, 0.6) is 5.75 Å².